The lowest BCUT2D eigenvalue weighted by atomic mass is 9.97. The quantitative estimate of drug-likeness (QED) is 0.831. The molecule has 2 aliphatic rings. The number of rotatable bonds is 3. The van der Waals surface area contributed by atoms with Gasteiger partial charge >= 0.3 is 6.18 Å². The van der Waals surface area contributed by atoms with Gasteiger partial charge in [-0.05, 0) is 56.3 Å². The highest BCUT2D eigenvalue weighted by molar-refractivity contribution is 5.39. The molecule has 134 valence electrons. The van der Waals surface area contributed by atoms with Crippen molar-refractivity contribution >= 4 is 0 Å². The Kier molecular flexibility index (Phi) is 4.31. The number of hydrogen-bond acceptors (Lipinski definition) is 2. The minimum atomic E-state index is -4.09. The highest BCUT2D eigenvalue weighted by atomic mass is 19.4. The first-order chi connectivity index (χ1) is 12.0. The first-order valence-corrected chi connectivity index (χ1v) is 8.96. The average Bonchev–Trinajstić information content (AvgIpc) is 3.19. The van der Waals surface area contributed by atoms with Crippen molar-refractivity contribution in [2.24, 2.45) is 5.92 Å². The first-order valence-electron chi connectivity index (χ1n) is 8.96. The van der Waals surface area contributed by atoms with E-state index in [1.165, 1.54) is 11.3 Å². The van der Waals surface area contributed by atoms with E-state index in [0.717, 1.165) is 37.2 Å². The van der Waals surface area contributed by atoms with Crippen molar-refractivity contribution in [1.82, 2.24) is 14.7 Å². The molecule has 2 aromatic rings. The van der Waals surface area contributed by atoms with Gasteiger partial charge in [-0.25, -0.2) is 4.68 Å². The monoisotopic (exact) mass is 349 g/mol. The number of hydrogen-bond donors (Lipinski definition) is 0. The Hall–Kier alpha value is -1.82. The number of para-hydroxylation sites is 1. The molecule has 1 aliphatic heterocycles. The fourth-order valence-corrected chi connectivity index (χ4v) is 4.10. The van der Waals surface area contributed by atoms with Crippen molar-refractivity contribution in [3.63, 3.8) is 0 Å². The van der Waals surface area contributed by atoms with Crippen LogP contribution in [0.1, 0.15) is 36.2 Å². The number of fused-ring (bicyclic) bond motifs is 1. The first kappa shape index (κ1) is 16.6. The summed E-state index contributed by atoms with van der Waals surface area (Å²) >= 11 is 0. The van der Waals surface area contributed by atoms with Crippen LogP contribution in [0.3, 0.4) is 0 Å². The molecule has 3 nitrogen and oxygen atoms in total. The van der Waals surface area contributed by atoms with E-state index in [-0.39, 0.29) is 13.0 Å². The lowest BCUT2D eigenvalue weighted by molar-refractivity contribution is -0.187. The molecule has 1 aliphatic carbocycles. The number of aromatic nitrogens is 2. The fourth-order valence-electron chi connectivity index (χ4n) is 4.10. The van der Waals surface area contributed by atoms with Gasteiger partial charge < -0.3 is 0 Å². The number of alkyl halides is 3. The summed E-state index contributed by atoms with van der Waals surface area (Å²) in [5.74, 6) is -1.20. The van der Waals surface area contributed by atoms with Crippen LogP contribution in [0.25, 0.3) is 5.69 Å². The van der Waals surface area contributed by atoms with Crippen molar-refractivity contribution in [3.8, 4) is 5.69 Å². The zero-order valence-corrected chi connectivity index (χ0v) is 14.1. The van der Waals surface area contributed by atoms with Gasteiger partial charge in [0.05, 0.1) is 17.3 Å². The Morgan fingerprint density at radius 2 is 1.88 bits per heavy atom. The van der Waals surface area contributed by atoms with Gasteiger partial charge in [0, 0.05) is 18.8 Å². The van der Waals surface area contributed by atoms with E-state index >= 15 is 0 Å². The smallest absolute Gasteiger partial charge is 0.297 e. The van der Waals surface area contributed by atoms with Gasteiger partial charge in [-0.1, -0.05) is 18.2 Å². The van der Waals surface area contributed by atoms with E-state index in [9.17, 15) is 13.2 Å². The van der Waals surface area contributed by atoms with Gasteiger partial charge in [-0.2, -0.15) is 18.3 Å². The molecule has 6 heteroatoms. The molecule has 0 radical (unpaired) electrons. The van der Waals surface area contributed by atoms with Gasteiger partial charge in [0.1, 0.15) is 0 Å². The molecule has 0 spiro atoms. The minimum absolute atomic E-state index is 0.0937. The zero-order valence-electron chi connectivity index (χ0n) is 14.1. The molecule has 0 N–H and O–H groups in total. The van der Waals surface area contributed by atoms with Crippen LogP contribution in [0.15, 0.2) is 30.3 Å². The van der Waals surface area contributed by atoms with E-state index in [1.54, 1.807) is 0 Å². The highest BCUT2D eigenvalue weighted by Gasteiger charge is 2.42. The third kappa shape index (κ3) is 3.32. The molecule has 1 aromatic heterocycles. The molecule has 4 rings (SSSR count). The zero-order chi connectivity index (χ0) is 17.4. The predicted octanol–water partition coefficient (Wildman–Crippen LogP) is 4.14. The Bertz CT molecular complexity index is 736. The summed E-state index contributed by atoms with van der Waals surface area (Å²) in [4.78, 5) is 1.93. The van der Waals surface area contributed by atoms with E-state index in [1.807, 2.05) is 39.9 Å². The second kappa shape index (κ2) is 6.48. The normalized spacial score (nSPS) is 21.5. The van der Waals surface area contributed by atoms with E-state index in [2.05, 4.69) is 0 Å². The summed E-state index contributed by atoms with van der Waals surface area (Å²) < 4.78 is 41.1. The summed E-state index contributed by atoms with van der Waals surface area (Å²) in [6.07, 6.45) is -0.180. The van der Waals surface area contributed by atoms with Gasteiger partial charge in [-0.3, -0.25) is 4.90 Å². The summed E-state index contributed by atoms with van der Waals surface area (Å²) in [6, 6.07) is 9.98. The summed E-state index contributed by atoms with van der Waals surface area (Å²) in [6.45, 7) is 1.34. The van der Waals surface area contributed by atoms with Crippen molar-refractivity contribution < 1.29 is 13.2 Å². The lowest BCUT2D eigenvalue weighted by Crippen LogP contribution is -2.41. The van der Waals surface area contributed by atoms with Crippen LogP contribution in [0.5, 0.6) is 0 Å². The van der Waals surface area contributed by atoms with E-state index < -0.39 is 12.1 Å². The maximum absolute atomic E-state index is 13.1. The average molecular weight is 349 g/mol. The molecule has 1 fully saturated rings. The van der Waals surface area contributed by atoms with E-state index in [0.29, 0.717) is 13.0 Å². The SMILES string of the molecule is FC(F)(F)[C@@H]1CCCN(Cc2nn(-c3ccccc3)c3c2CCC3)C1. The number of benzene rings is 1. The van der Waals surface area contributed by atoms with Crippen molar-refractivity contribution in [2.45, 2.75) is 44.8 Å². The van der Waals surface area contributed by atoms with Gasteiger partial charge in [-0.15, -0.1) is 0 Å². The largest absolute Gasteiger partial charge is 0.393 e. The molecule has 0 unspecified atom stereocenters. The minimum Gasteiger partial charge on any atom is -0.297 e. The van der Waals surface area contributed by atoms with Crippen LogP contribution in [0.4, 0.5) is 13.2 Å². The van der Waals surface area contributed by atoms with Crippen LogP contribution in [0, 0.1) is 5.92 Å². The third-order valence-corrected chi connectivity index (χ3v) is 5.36. The van der Waals surface area contributed by atoms with Gasteiger partial charge in [0.2, 0.25) is 0 Å². The molecule has 0 bridgehead atoms. The molecular formula is C19H22F3N3. The topological polar surface area (TPSA) is 21.1 Å². The van der Waals surface area contributed by atoms with Crippen molar-refractivity contribution in [2.75, 3.05) is 13.1 Å². The second-order valence-corrected chi connectivity index (χ2v) is 7.09. The van der Waals surface area contributed by atoms with Gasteiger partial charge in [0.25, 0.3) is 0 Å². The summed E-state index contributed by atoms with van der Waals surface area (Å²) in [5, 5.41) is 4.78. The number of piperidine rings is 1. The molecule has 0 saturated carbocycles. The predicted molar refractivity (Wildman–Crippen MR) is 89.6 cm³/mol. The fraction of sp³-hybridized carbons (Fsp3) is 0.526. The number of halogens is 3. The third-order valence-electron chi connectivity index (χ3n) is 5.36. The number of likely N-dealkylation sites (tertiary alicyclic amines) is 1. The second-order valence-electron chi connectivity index (χ2n) is 7.09. The Morgan fingerprint density at radius 1 is 1.08 bits per heavy atom. The van der Waals surface area contributed by atoms with E-state index in [4.69, 9.17) is 5.10 Å². The van der Waals surface area contributed by atoms with Crippen LogP contribution in [-0.4, -0.2) is 33.9 Å². The molecule has 1 atom stereocenters. The molecule has 0 amide bonds. The standard InChI is InChI=1S/C19H22F3N3/c20-19(21,22)14-6-5-11-24(12-14)13-17-16-9-4-10-18(16)25(23-17)15-7-2-1-3-8-15/h1-3,7-8,14H,4-6,9-13H2/t14-/m1/s1. The lowest BCUT2D eigenvalue weighted by Gasteiger charge is -2.33. The van der Waals surface area contributed by atoms with Crippen LogP contribution in [-0.2, 0) is 19.4 Å². The Morgan fingerprint density at radius 3 is 2.64 bits per heavy atom. The molecule has 2 heterocycles. The molecule has 25 heavy (non-hydrogen) atoms. The maximum atomic E-state index is 13.1. The van der Waals surface area contributed by atoms with Crippen molar-refractivity contribution in [3.05, 3.63) is 47.3 Å². The number of nitrogens with zero attached hydrogens (tertiary/aromatic N) is 3. The van der Waals surface area contributed by atoms with Crippen LogP contribution < -0.4 is 0 Å². The molecular weight excluding hydrogens is 327 g/mol. The highest BCUT2D eigenvalue weighted by Crippen LogP contribution is 2.34. The van der Waals surface area contributed by atoms with Crippen LogP contribution in [0.2, 0.25) is 0 Å². The molecule has 1 saturated heterocycles. The Labute approximate surface area is 145 Å². The van der Waals surface area contributed by atoms with Crippen molar-refractivity contribution in [1.29, 1.82) is 0 Å². The maximum Gasteiger partial charge on any atom is 0.393 e. The van der Waals surface area contributed by atoms with Crippen LogP contribution >= 0.6 is 0 Å². The Balaban J connectivity index is 1.57. The summed E-state index contributed by atoms with van der Waals surface area (Å²) in [7, 11) is 0. The molecule has 1 aromatic carbocycles. The van der Waals surface area contributed by atoms with Gasteiger partial charge in [0.15, 0.2) is 0 Å². The summed E-state index contributed by atoms with van der Waals surface area (Å²) in [5.41, 5.74) is 4.46.